The Morgan fingerprint density at radius 1 is 1.29 bits per heavy atom. The molecule has 0 radical (unpaired) electrons. The average Bonchev–Trinajstić information content (AvgIpc) is 2.19. The van der Waals surface area contributed by atoms with E-state index in [1.54, 1.807) is 0 Å². The molecule has 0 aliphatic carbocycles. The van der Waals surface area contributed by atoms with Gasteiger partial charge in [0.1, 0.15) is 10.5 Å². The summed E-state index contributed by atoms with van der Waals surface area (Å²) in [5.41, 5.74) is 1.24. The third-order valence-corrected chi connectivity index (χ3v) is 3.38. The Balaban J connectivity index is 2.50. The molecule has 1 aromatic rings. The van der Waals surface area contributed by atoms with E-state index in [4.69, 9.17) is 4.43 Å². The van der Waals surface area contributed by atoms with Crippen molar-refractivity contribution >= 4 is 16.6 Å². The fourth-order valence-corrected chi connectivity index (χ4v) is 1.29. The molecule has 0 atom stereocenters. The van der Waals surface area contributed by atoms with Crippen LogP contribution in [0.3, 0.4) is 0 Å². The number of hydrogen-bond donors (Lipinski definition) is 0. The SMILES string of the molecule is CC(C)(CC=Cc1ccccc1)O[SiH3]. The van der Waals surface area contributed by atoms with E-state index < -0.39 is 0 Å². The van der Waals surface area contributed by atoms with Crippen molar-refractivity contribution < 1.29 is 4.43 Å². The molecule has 14 heavy (non-hydrogen) atoms. The Kier molecular flexibility index (Phi) is 4.11. The predicted octanol–water partition coefficient (Wildman–Crippen LogP) is 2.17. The molecule has 0 heterocycles. The van der Waals surface area contributed by atoms with Gasteiger partial charge in [0.25, 0.3) is 0 Å². The zero-order chi connectivity index (χ0) is 10.4. The summed E-state index contributed by atoms with van der Waals surface area (Å²) in [5, 5.41) is 0. The Morgan fingerprint density at radius 2 is 1.93 bits per heavy atom. The van der Waals surface area contributed by atoms with Gasteiger partial charge in [0, 0.05) is 0 Å². The summed E-state index contributed by atoms with van der Waals surface area (Å²) in [6, 6.07) is 10.3. The standard InChI is InChI=1S/C12H18OSi/c1-12(2,13-14)10-6-9-11-7-4-3-5-8-11/h3-9H,10H2,1-2,14H3. The third kappa shape index (κ3) is 3.90. The first-order valence-electron chi connectivity index (χ1n) is 4.91. The quantitative estimate of drug-likeness (QED) is 0.686. The lowest BCUT2D eigenvalue weighted by atomic mass is 10.0. The molecule has 1 rings (SSSR count). The Bertz CT molecular complexity index is 290. The minimum Gasteiger partial charge on any atom is -0.423 e. The lowest BCUT2D eigenvalue weighted by Crippen LogP contribution is -2.21. The minimum absolute atomic E-state index is 0.00248. The normalized spacial score (nSPS) is 12.4. The first-order valence-corrected chi connectivity index (χ1v) is 5.72. The van der Waals surface area contributed by atoms with Crippen molar-refractivity contribution in [2.75, 3.05) is 0 Å². The van der Waals surface area contributed by atoms with E-state index in [2.05, 4.69) is 38.1 Å². The van der Waals surface area contributed by atoms with Crippen molar-refractivity contribution in [2.45, 2.75) is 25.9 Å². The Hall–Kier alpha value is -0.863. The van der Waals surface area contributed by atoms with Crippen LogP contribution < -0.4 is 0 Å². The van der Waals surface area contributed by atoms with E-state index in [1.165, 1.54) is 5.56 Å². The Morgan fingerprint density at radius 3 is 2.50 bits per heavy atom. The topological polar surface area (TPSA) is 9.23 Å². The summed E-state index contributed by atoms with van der Waals surface area (Å²) in [4.78, 5) is 0. The van der Waals surface area contributed by atoms with Crippen LogP contribution in [0.4, 0.5) is 0 Å². The first kappa shape index (κ1) is 11.2. The molecule has 0 saturated heterocycles. The molecule has 0 aliphatic rings. The summed E-state index contributed by atoms with van der Waals surface area (Å²) >= 11 is 0. The second-order valence-electron chi connectivity index (χ2n) is 3.98. The van der Waals surface area contributed by atoms with Gasteiger partial charge in [-0.3, -0.25) is 0 Å². The van der Waals surface area contributed by atoms with E-state index >= 15 is 0 Å². The molecule has 0 aliphatic heterocycles. The summed E-state index contributed by atoms with van der Waals surface area (Å²) in [6.45, 7) is 4.24. The minimum atomic E-state index is -0.00248. The van der Waals surface area contributed by atoms with Crippen LogP contribution in [-0.4, -0.2) is 16.1 Å². The van der Waals surface area contributed by atoms with Crippen LogP contribution in [0.2, 0.25) is 0 Å². The molecule has 76 valence electrons. The van der Waals surface area contributed by atoms with Crippen LogP contribution in [0, 0.1) is 0 Å². The van der Waals surface area contributed by atoms with Crippen LogP contribution in [0.15, 0.2) is 36.4 Å². The molecule has 1 aromatic carbocycles. The van der Waals surface area contributed by atoms with Crippen LogP contribution in [0.1, 0.15) is 25.8 Å². The smallest absolute Gasteiger partial charge is 0.146 e. The van der Waals surface area contributed by atoms with E-state index in [9.17, 15) is 0 Å². The second kappa shape index (κ2) is 5.13. The van der Waals surface area contributed by atoms with Gasteiger partial charge < -0.3 is 4.43 Å². The highest BCUT2D eigenvalue weighted by Crippen LogP contribution is 2.14. The fraction of sp³-hybridized carbons (Fsp3) is 0.333. The molecule has 1 nitrogen and oxygen atoms in total. The lowest BCUT2D eigenvalue weighted by Gasteiger charge is -2.21. The average molecular weight is 206 g/mol. The summed E-state index contributed by atoms with van der Waals surface area (Å²) in [5.74, 6) is 0. The summed E-state index contributed by atoms with van der Waals surface area (Å²) < 4.78 is 5.46. The van der Waals surface area contributed by atoms with Gasteiger partial charge in [-0.15, -0.1) is 0 Å². The molecule has 0 spiro atoms. The van der Waals surface area contributed by atoms with Crippen LogP contribution in [-0.2, 0) is 4.43 Å². The maximum Gasteiger partial charge on any atom is 0.146 e. The van der Waals surface area contributed by atoms with Crippen molar-refractivity contribution in [3.63, 3.8) is 0 Å². The predicted molar refractivity (Wildman–Crippen MR) is 65.2 cm³/mol. The third-order valence-electron chi connectivity index (χ3n) is 2.27. The van der Waals surface area contributed by atoms with Crippen molar-refractivity contribution in [3.05, 3.63) is 42.0 Å². The molecular formula is C12H18OSi. The highest BCUT2D eigenvalue weighted by atomic mass is 28.2. The van der Waals surface area contributed by atoms with E-state index in [0.717, 1.165) is 16.9 Å². The lowest BCUT2D eigenvalue weighted by molar-refractivity contribution is 0.127. The molecule has 0 N–H and O–H groups in total. The Labute approximate surface area is 89.3 Å². The van der Waals surface area contributed by atoms with Crippen LogP contribution in [0.25, 0.3) is 6.08 Å². The van der Waals surface area contributed by atoms with Gasteiger partial charge in [0.05, 0.1) is 5.60 Å². The second-order valence-corrected chi connectivity index (χ2v) is 4.39. The molecule has 0 bridgehead atoms. The zero-order valence-corrected chi connectivity index (χ0v) is 11.2. The van der Waals surface area contributed by atoms with E-state index in [0.29, 0.717) is 0 Å². The van der Waals surface area contributed by atoms with E-state index in [-0.39, 0.29) is 5.60 Å². The van der Waals surface area contributed by atoms with Gasteiger partial charge in [-0.05, 0) is 25.8 Å². The maximum atomic E-state index is 5.46. The number of benzene rings is 1. The van der Waals surface area contributed by atoms with Crippen molar-refractivity contribution in [2.24, 2.45) is 0 Å². The maximum absolute atomic E-state index is 5.46. The highest BCUT2D eigenvalue weighted by molar-refractivity contribution is 5.98. The molecule has 0 saturated carbocycles. The highest BCUT2D eigenvalue weighted by Gasteiger charge is 2.12. The van der Waals surface area contributed by atoms with Crippen molar-refractivity contribution in [1.82, 2.24) is 0 Å². The zero-order valence-electron chi connectivity index (χ0n) is 9.16. The molecule has 0 fully saturated rings. The summed E-state index contributed by atoms with van der Waals surface area (Å²) in [7, 11) is 0.800. The van der Waals surface area contributed by atoms with Crippen LogP contribution in [0.5, 0.6) is 0 Å². The van der Waals surface area contributed by atoms with Gasteiger partial charge in [0.15, 0.2) is 0 Å². The largest absolute Gasteiger partial charge is 0.423 e. The van der Waals surface area contributed by atoms with Gasteiger partial charge in [-0.25, -0.2) is 0 Å². The molecule has 2 heteroatoms. The fourth-order valence-electron chi connectivity index (χ4n) is 1.13. The van der Waals surface area contributed by atoms with Gasteiger partial charge >= 0.3 is 0 Å². The number of hydrogen-bond acceptors (Lipinski definition) is 1. The van der Waals surface area contributed by atoms with Gasteiger partial charge in [0.2, 0.25) is 0 Å². The first-order chi connectivity index (χ1) is 6.64. The molecular weight excluding hydrogens is 188 g/mol. The molecule has 0 unspecified atom stereocenters. The van der Waals surface area contributed by atoms with E-state index in [1.807, 2.05) is 18.2 Å². The number of rotatable bonds is 4. The van der Waals surface area contributed by atoms with Gasteiger partial charge in [-0.1, -0.05) is 42.5 Å². The van der Waals surface area contributed by atoms with Crippen LogP contribution >= 0.6 is 0 Å². The van der Waals surface area contributed by atoms with Gasteiger partial charge in [-0.2, -0.15) is 0 Å². The molecule has 0 aromatic heterocycles. The van der Waals surface area contributed by atoms with Crippen molar-refractivity contribution in [1.29, 1.82) is 0 Å². The summed E-state index contributed by atoms with van der Waals surface area (Å²) in [6.07, 6.45) is 5.28. The van der Waals surface area contributed by atoms with Crippen molar-refractivity contribution in [3.8, 4) is 0 Å². The molecule has 0 amide bonds. The monoisotopic (exact) mass is 206 g/mol.